The lowest BCUT2D eigenvalue weighted by Gasteiger charge is -2.31. The molecule has 110 valence electrons. The fourth-order valence-corrected chi connectivity index (χ4v) is 5.45. The number of sulfonamides is 1. The predicted octanol–water partition coefficient (Wildman–Crippen LogP) is 2.16. The topological polar surface area (TPSA) is 49.4 Å². The van der Waals surface area contributed by atoms with Crippen LogP contribution in [0.4, 0.5) is 0 Å². The predicted molar refractivity (Wildman–Crippen MR) is 81.9 cm³/mol. The number of piperidine rings is 1. The Bertz CT molecular complexity index is 528. The molecule has 1 aromatic heterocycles. The van der Waals surface area contributed by atoms with Crippen LogP contribution in [0.15, 0.2) is 11.0 Å². The van der Waals surface area contributed by atoms with Crippen molar-refractivity contribution in [3.8, 4) is 0 Å². The maximum atomic E-state index is 12.6. The van der Waals surface area contributed by atoms with Crippen molar-refractivity contribution < 1.29 is 8.42 Å². The average Bonchev–Trinajstić information content (AvgIpc) is 2.69. The Morgan fingerprint density at radius 3 is 2.63 bits per heavy atom. The van der Waals surface area contributed by atoms with Gasteiger partial charge in [-0.15, -0.1) is 23.7 Å². The van der Waals surface area contributed by atoms with E-state index in [9.17, 15) is 8.42 Å². The van der Waals surface area contributed by atoms with Crippen molar-refractivity contribution in [3.63, 3.8) is 0 Å². The van der Waals surface area contributed by atoms with Gasteiger partial charge in [0.25, 0.3) is 0 Å². The summed E-state index contributed by atoms with van der Waals surface area (Å²) in [4.78, 5) is 2.43. The maximum absolute atomic E-state index is 12.6. The van der Waals surface area contributed by atoms with E-state index in [-0.39, 0.29) is 18.4 Å². The molecule has 1 unspecified atom stereocenters. The van der Waals surface area contributed by atoms with E-state index >= 15 is 0 Å². The summed E-state index contributed by atoms with van der Waals surface area (Å²) < 4.78 is 26.8. The van der Waals surface area contributed by atoms with Crippen LogP contribution in [0.1, 0.15) is 22.6 Å². The molecule has 0 aliphatic carbocycles. The number of halogens is 1. The van der Waals surface area contributed by atoms with Crippen molar-refractivity contribution in [3.05, 3.63) is 15.8 Å². The molecule has 1 aromatic rings. The number of nitrogens with zero attached hydrogens (tertiary/aromatic N) is 1. The van der Waals surface area contributed by atoms with Crippen LogP contribution in [0.25, 0.3) is 0 Å². The minimum absolute atomic E-state index is 0. The Kier molecular flexibility index (Phi) is 5.82. The molecule has 4 nitrogen and oxygen atoms in total. The molecular weight excluding hydrogens is 304 g/mol. The highest BCUT2D eigenvalue weighted by atomic mass is 35.5. The maximum Gasteiger partial charge on any atom is 0.244 e. The second-order valence-corrected chi connectivity index (χ2v) is 8.14. The Hall–Kier alpha value is -0.140. The van der Waals surface area contributed by atoms with Crippen LogP contribution >= 0.6 is 23.7 Å². The van der Waals surface area contributed by atoms with Crippen LogP contribution in [-0.2, 0) is 10.0 Å². The van der Waals surface area contributed by atoms with Gasteiger partial charge < -0.3 is 5.32 Å². The van der Waals surface area contributed by atoms with Gasteiger partial charge in [-0.2, -0.15) is 4.31 Å². The first-order chi connectivity index (χ1) is 8.45. The van der Waals surface area contributed by atoms with Gasteiger partial charge in [0.1, 0.15) is 0 Å². The van der Waals surface area contributed by atoms with Gasteiger partial charge in [0.05, 0.1) is 4.90 Å². The number of rotatable bonds is 3. The minimum Gasteiger partial charge on any atom is -0.316 e. The number of thiophene rings is 1. The molecule has 1 aliphatic heterocycles. The Balaban J connectivity index is 0.00000180. The van der Waals surface area contributed by atoms with E-state index in [1.54, 1.807) is 21.7 Å². The molecule has 1 saturated heterocycles. The zero-order chi connectivity index (χ0) is 13.3. The third kappa shape index (κ3) is 3.49. The number of nitrogens with one attached hydrogen (secondary N) is 1. The standard InChI is InChI=1S/C12H20N2O2S2.ClH/c1-9-7-12(10(2)17-9)18(15,16)14-6-4-5-11(8-14)13-3;/h7,11,13H,4-6,8H2,1-3H3;1H. The van der Waals surface area contributed by atoms with Crippen molar-refractivity contribution in [2.24, 2.45) is 0 Å². The molecule has 1 aliphatic rings. The lowest BCUT2D eigenvalue weighted by molar-refractivity contribution is 0.293. The third-order valence-corrected chi connectivity index (χ3v) is 6.49. The molecule has 1 atom stereocenters. The van der Waals surface area contributed by atoms with Crippen LogP contribution in [-0.4, -0.2) is 38.9 Å². The van der Waals surface area contributed by atoms with Crippen LogP contribution in [0.5, 0.6) is 0 Å². The summed E-state index contributed by atoms with van der Waals surface area (Å²) >= 11 is 1.55. The highest BCUT2D eigenvalue weighted by Crippen LogP contribution is 2.29. The molecule has 0 aromatic carbocycles. The van der Waals surface area contributed by atoms with E-state index in [0.29, 0.717) is 18.0 Å². The number of aryl methyl sites for hydroxylation is 2. The summed E-state index contributed by atoms with van der Waals surface area (Å²) in [6.45, 7) is 5.04. The smallest absolute Gasteiger partial charge is 0.244 e. The second-order valence-electron chi connectivity index (χ2n) is 4.77. The summed E-state index contributed by atoms with van der Waals surface area (Å²) in [5.41, 5.74) is 0. The molecule has 19 heavy (non-hydrogen) atoms. The largest absolute Gasteiger partial charge is 0.316 e. The van der Waals surface area contributed by atoms with Gasteiger partial charge in [-0.25, -0.2) is 8.42 Å². The van der Waals surface area contributed by atoms with Gasteiger partial charge in [0, 0.05) is 28.9 Å². The quantitative estimate of drug-likeness (QED) is 0.927. The van der Waals surface area contributed by atoms with Crippen molar-refractivity contribution >= 4 is 33.8 Å². The van der Waals surface area contributed by atoms with E-state index in [4.69, 9.17) is 0 Å². The average molecular weight is 325 g/mol. The first-order valence-corrected chi connectivity index (χ1v) is 8.45. The molecule has 1 fully saturated rings. The van der Waals surface area contributed by atoms with E-state index in [1.165, 1.54) is 0 Å². The Morgan fingerprint density at radius 1 is 1.42 bits per heavy atom. The molecular formula is C12H21ClN2O2S2. The molecule has 0 saturated carbocycles. The summed E-state index contributed by atoms with van der Waals surface area (Å²) in [5, 5.41) is 3.17. The highest BCUT2D eigenvalue weighted by molar-refractivity contribution is 7.89. The lowest BCUT2D eigenvalue weighted by Crippen LogP contribution is -2.46. The molecule has 7 heteroatoms. The van der Waals surface area contributed by atoms with E-state index < -0.39 is 10.0 Å². The summed E-state index contributed by atoms with van der Waals surface area (Å²) in [5.74, 6) is 0. The molecule has 2 heterocycles. The Labute approximate surface area is 125 Å². The molecule has 0 bridgehead atoms. The number of likely N-dealkylation sites (N-methyl/N-ethyl adjacent to an activating group) is 1. The van der Waals surface area contributed by atoms with Gasteiger partial charge in [-0.1, -0.05) is 0 Å². The van der Waals surface area contributed by atoms with E-state index in [0.717, 1.165) is 22.6 Å². The summed E-state index contributed by atoms with van der Waals surface area (Å²) in [6.07, 6.45) is 1.97. The van der Waals surface area contributed by atoms with Crippen LogP contribution < -0.4 is 5.32 Å². The van der Waals surface area contributed by atoms with Crippen molar-refractivity contribution in [2.45, 2.75) is 37.6 Å². The van der Waals surface area contributed by atoms with Gasteiger partial charge in [-0.3, -0.25) is 0 Å². The number of hydrogen-bond acceptors (Lipinski definition) is 4. The highest BCUT2D eigenvalue weighted by Gasteiger charge is 2.31. The van der Waals surface area contributed by atoms with Crippen LogP contribution in [0.3, 0.4) is 0 Å². The van der Waals surface area contributed by atoms with Crippen LogP contribution in [0.2, 0.25) is 0 Å². The van der Waals surface area contributed by atoms with Crippen molar-refractivity contribution in [1.29, 1.82) is 0 Å². The zero-order valence-corrected chi connectivity index (χ0v) is 13.9. The van der Waals surface area contributed by atoms with Gasteiger partial charge in [-0.05, 0) is 39.8 Å². The lowest BCUT2D eigenvalue weighted by atomic mass is 10.1. The normalized spacial score (nSPS) is 21.1. The van der Waals surface area contributed by atoms with E-state index in [2.05, 4.69) is 5.32 Å². The van der Waals surface area contributed by atoms with Gasteiger partial charge in [0.15, 0.2) is 0 Å². The van der Waals surface area contributed by atoms with Crippen molar-refractivity contribution in [2.75, 3.05) is 20.1 Å². The fourth-order valence-electron chi connectivity index (χ4n) is 2.40. The fraction of sp³-hybridized carbons (Fsp3) is 0.667. The SMILES string of the molecule is CNC1CCCN(S(=O)(=O)c2cc(C)sc2C)C1.Cl. The summed E-state index contributed by atoms with van der Waals surface area (Å²) in [6, 6.07) is 2.06. The van der Waals surface area contributed by atoms with Gasteiger partial charge in [0.2, 0.25) is 10.0 Å². The number of hydrogen-bond donors (Lipinski definition) is 1. The second kappa shape index (κ2) is 6.54. The van der Waals surface area contributed by atoms with E-state index in [1.807, 2.05) is 20.9 Å². The molecule has 0 amide bonds. The molecule has 2 rings (SSSR count). The van der Waals surface area contributed by atoms with Crippen molar-refractivity contribution in [1.82, 2.24) is 9.62 Å². The van der Waals surface area contributed by atoms with Crippen LogP contribution in [0, 0.1) is 13.8 Å². The molecule has 1 N–H and O–H groups in total. The minimum atomic E-state index is -3.31. The molecule has 0 radical (unpaired) electrons. The summed E-state index contributed by atoms with van der Waals surface area (Å²) in [7, 11) is -1.42. The third-order valence-electron chi connectivity index (χ3n) is 3.41. The first-order valence-electron chi connectivity index (χ1n) is 6.19. The molecule has 0 spiro atoms. The Morgan fingerprint density at radius 2 is 2.11 bits per heavy atom. The zero-order valence-electron chi connectivity index (χ0n) is 11.5. The first kappa shape index (κ1) is 16.9. The van der Waals surface area contributed by atoms with Gasteiger partial charge >= 0.3 is 0 Å². The monoisotopic (exact) mass is 324 g/mol.